The smallest absolute Gasteiger partial charge is 0.171 e. The summed E-state index contributed by atoms with van der Waals surface area (Å²) in [6.07, 6.45) is 2.75. The van der Waals surface area contributed by atoms with Crippen molar-refractivity contribution in [3.63, 3.8) is 0 Å². The van der Waals surface area contributed by atoms with Crippen molar-refractivity contribution in [1.29, 1.82) is 5.53 Å². The molecule has 0 heterocycles. The number of nitrogens with one attached hydrogen (secondary N) is 1. The van der Waals surface area contributed by atoms with E-state index in [0.29, 0.717) is 0 Å². The van der Waals surface area contributed by atoms with Gasteiger partial charge < -0.3 is 0 Å². The van der Waals surface area contributed by atoms with Gasteiger partial charge in [0.05, 0.1) is 0 Å². The van der Waals surface area contributed by atoms with E-state index < -0.39 is 15.9 Å². The molecule has 1 N–H and O–H groups in total. The maximum Gasteiger partial charge on any atom is 0.171 e. The van der Waals surface area contributed by atoms with Gasteiger partial charge in [-0.25, -0.2) is 13.9 Å². The monoisotopic (exact) mass is 202 g/mol. The topological polar surface area (TPSA) is 87.4 Å². The average Bonchev–Trinajstić information content (AvgIpc) is 2.03. The zero-order valence-electron chi connectivity index (χ0n) is 7.15. The van der Waals surface area contributed by atoms with Gasteiger partial charge in [0, 0.05) is 17.6 Å². The molecule has 0 aromatic rings. The highest BCUT2D eigenvalue weighted by molar-refractivity contribution is 7.94. The highest BCUT2D eigenvalue weighted by Crippen LogP contribution is 2.21. The zero-order valence-corrected chi connectivity index (χ0v) is 7.97. The predicted molar refractivity (Wildman–Crippen MR) is 46.1 cm³/mol. The lowest BCUT2D eigenvalue weighted by atomic mass is 10.0. The first kappa shape index (κ1) is 10.0. The molecule has 0 saturated heterocycles. The fourth-order valence-electron chi connectivity index (χ4n) is 1.16. The van der Waals surface area contributed by atoms with E-state index in [0.717, 1.165) is 6.26 Å². The second-order valence-corrected chi connectivity index (χ2v) is 5.01. The Balaban J connectivity index is 3.04. The van der Waals surface area contributed by atoms with E-state index in [4.69, 9.17) is 5.53 Å². The number of carbonyl (C=O) groups excluding carboxylic acids is 1. The van der Waals surface area contributed by atoms with Crippen molar-refractivity contribution in [2.75, 3.05) is 6.26 Å². The molecular weight excluding hydrogens is 192 g/mol. The lowest BCUT2D eigenvalue weighted by molar-refractivity contribution is -0.119. The van der Waals surface area contributed by atoms with Gasteiger partial charge in [-0.3, -0.25) is 4.79 Å². The van der Waals surface area contributed by atoms with Gasteiger partial charge in [0.2, 0.25) is 0 Å². The maximum absolute atomic E-state index is 11.1. The van der Waals surface area contributed by atoms with Crippen LogP contribution < -0.4 is 0 Å². The number of carbonyl (C=O) groups is 1. The van der Waals surface area contributed by atoms with E-state index in [2.05, 4.69) is 5.11 Å². The molecule has 0 fully saturated rings. The van der Waals surface area contributed by atoms with Crippen LogP contribution in [0, 0.1) is 5.53 Å². The van der Waals surface area contributed by atoms with Crippen molar-refractivity contribution >= 4 is 15.6 Å². The third kappa shape index (κ3) is 2.21. The van der Waals surface area contributed by atoms with Crippen molar-refractivity contribution in [2.45, 2.75) is 18.9 Å². The fourth-order valence-corrected chi connectivity index (χ4v) is 2.01. The van der Waals surface area contributed by atoms with Crippen molar-refractivity contribution in [3.8, 4) is 0 Å². The van der Waals surface area contributed by atoms with Gasteiger partial charge in [0.15, 0.2) is 15.6 Å². The van der Waals surface area contributed by atoms with Crippen LogP contribution in [0.15, 0.2) is 16.1 Å². The van der Waals surface area contributed by atoms with Crippen LogP contribution in [0.25, 0.3) is 0 Å². The molecule has 1 rings (SSSR count). The fraction of sp³-hybridized carbons (Fsp3) is 0.571. The van der Waals surface area contributed by atoms with Crippen molar-refractivity contribution < 1.29 is 13.2 Å². The van der Waals surface area contributed by atoms with Gasteiger partial charge in [-0.1, -0.05) is 0 Å². The number of hydrogen-bond donors (Lipinski definition) is 1. The number of sulfone groups is 1. The molecule has 0 aliphatic heterocycles. The first-order valence-electron chi connectivity index (χ1n) is 3.75. The van der Waals surface area contributed by atoms with E-state index in [-0.39, 0.29) is 23.5 Å². The summed E-state index contributed by atoms with van der Waals surface area (Å²) in [5, 5.41) is 3.05. The van der Waals surface area contributed by atoms with Crippen LogP contribution >= 0.6 is 0 Å². The molecule has 1 atom stereocenters. The van der Waals surface area contributed by atoms with E-state index in [1.807, 2.05) is 0 Å². The second kappa shape index (κ2) is 3.37. The Morgan fingerprint density at radius 1 is 1.54 bits per heavy atom. The first-order chi connectivity index (χ1) is 5.95. The number of allylic oxidation sites excluding steroid dienone is 1. The number of nitrogens with zero attached hydrogens (tertiary/aromatic N) is 1. The van der Waals surface area contributed by atoms with E-state index >= 15 is 0 Å². The molecular formula is C7H10N2O3S. The van der Waals surface area contributed by atoms with Gasteiger partial charge in [-0.15, -0.1) is 0 Å². The van der Waals surface area contributed by atoms with Crippen LogP contribution in [0.3, 0.4) is 0 Å². The molecule has 72 valence electrons. The van der Waals surface area contributed by atoms with Gasteiger partial charge in [0.1, 0.15) is 6.04 Å². The second-order valence-electron chi connectivity index (χ2n) is 2.95. The number of hydrogen-bond acceptors (Lipinski definition) is 5. The Hall–Kier alpha value is -1.04. The van der Waals surface area contributed by atoms with Gasteiger partial charge >= 0.3 is 0 Å². The summed E-state index contributed by atoms with van der Waals surface area (Å²) in [5.41, 5.74) is 6.69. The Bertz CT molecular complexity index is 369. The summed E-state index contributed by atoms with van der Waals surface area (Å²) in [6.45, 7) is 0. The third-order valence-corrected chi connectivity index (χ3v) is 3.20. The maximum atomic E-state index is 11.1. The number of rotatable bonds is 2. The largest absolute Gasteiger partial charge is 0.297 e. The quantitative estimate of drug-likeness (QED) is 0.668. The van der Waals surface area contributed by atoms with Gasteiger partial charge in [-0.2, -0.15) is 5.11 Å². The molecule has 1 aliphatic carbocycles. The lowest BCUT2D eigenvalue weighted by Crippen LogP contribution is -2.22. The van der Waals surface area contributed by atoms with Crippen molar-refractivity contribution in [3.05, 3.63) is 11.0 Å². The predicted octanol–water partition coefficient (Wildman–Crippen LogP) is 0.677. The Kier molecular flexibility index (Phi) is 2.60. The minimum Gasteiger partial charge on any atom is -0.297 e. The number of ketones is 1. The molecule has 0 saturated carbocycles. The number of Topliss-reactive ketones (excluding diaryl/α,β-unsaturated/α-hetero) is 1. The van der Waals surface area contributed by atoms with Crippen LogP contribution in [0.5, 0.6) is 0 Å². The molecule has 6 heteroatoms. The molecule has 1 unspecified atom stereocenters. The molecule has 0 radical (unpaired) electrons. The van der Waals surface area contributed by atoms with Crippen LogP contribution in [-0.2, 0) is 14.6 Å². The summed E-state index contributed by atoms with van der Waals surface area (Å²) in [7, 11) is -3.23. The minimum absolute atomic E-state index is 0.159. The molecule has 5 nitrogen and oxygen atoms in total. The summed E-state index contributed by atoms with van der Waals surface area (Å²) in [4.78, 5) is 11.3. The molecule has 0 aromatic heterocycles. The van der Waals surface area contributed by atoms with Gasteiger partial charge in [-0.05, 0) is 12.5 Å². The average molecular weight is 202 g/mol. The SMILES string of the molecule is CS(=O)(=O)C1=CC(N=N)C(=O)CC1. The molecule has 1 aliphatic rings. The van der Waals surface area contributed by atoms with Crippen LogP contribution in [0.2, 0.25) is 0 Å². The Labute approximate surface area is 76.3 Å². The van der Waals surface area contributed by atoms with E-state index in [1.165, 1.54) is 6.08 Å². The summed E-state index contributed by atoms with van der Waals surface area (Å²) < 4.78 is 22.1. The first-order valence-corrected chi connectivity index (χ1v) is 5.64. The minimum atomic E-state index is -3.23. The van der Waals surface area contributed by atoms with Crippen LogP contribution in [0.4, 0.5) is 0 Å². The van der Waals surface area contributed by atoms with Crippen molar-refractivity contribution in [2.24, 2.45) is 5.11 Å². The van der Waals surface area contributed by atoms with Crippen molar-refractivity contribution in [1.82, 2.24) is 0 Å². The highest BCUT2D eigenvalue weighted by atomic mass is 32.2. The lowest BCUT2D eigenvalue weighted by Gasteiger charge is -2.14. The van der Waals surface area contributed by atoms with Crippen LogP contribution in [-0.4, -0.2) is 26.5 Å². The molecule has 0 aromatic carbocycles. The summed E-state index contributed by atoms with van der Waals surface area (Å²) in [6, 6.07) is -0.890. The highest BCUT2D eigenvalue weighted by Gasteiger charge is 2.25. The summed E-state index contributed by atoms with van der Waals surface area (Å²) >= 11 is 0. The van der Waals surface area contributed by atoms with Gasteiger partial charge in [0.25, 0.3) is 0 Å². The van der Waals surface area contributed by atoms with E-state index in [1.54, 1.807) is 0 Å². The Morgan fingerprint density at radius 3 is 2.62 bits per heavy atom. The zero-order chi connectivity index (χ0) is 10.1. The molecule has 0 spiro atoms. The summed E-state index contributed by atoms with van der Waals surface area (Å²) in [5.74, 6) is -0.192. The molecule has 13 heavy (non-hydrogen) atoms. The molecule has 0 amide bonds. The normalized spacial score (nSPS) is 23.9. The standard InChI is InChI=1S/C7H10N2O3S/c1-13(11,12)5-2-3-7(10)6(4-5)9-8/h4,6,8H,2-3H2,1H3. The third-order valence-electron chi connectivity index (χ3n) is 1.91. The Morgan fingerprint density at radius 2 is 2.15 bits per heavy atom. The van der Waals surface area contributed by atoms with Crippen LogP contribution in [0.1, 0.15) is 12.8 Å². The molecule has 0 bridgehead atoms. The van der Waals surface area contributed by atoms with E-state index in [9.17, 15) is 13.2 Å².